The van der Waals surface area contributed by atoms with Gasteiger partial charge < -0.3 is 15.2 Å². The first-order chi connectivity index (χ1) is 9.63. The lowest BCUT2D eigenvalue weighted by Crippen LogP contribution is -2.09. The number of nitrogens with one attached hydrogen (secondary N) is 1. The monoisotopic (exact) mass is 335 g/mol. The van der Waals surface area contributed by atoms with Crippen LogP contribution in [0.2, 0.25) is 0 Å². The van der Waals surface area contributed by atoms with Gasteiger partial charge in [0.2, 0.25) is 0 Å². The van der Waals surface area contributed by atoms with Gasteiger partial charge in [-0.2, -0.15) is 0 Å². The van der Waals surface area contributed by atoms with E-state index < -0.39 is 0 Å². The topological polar surface area (TPSA) is 41.5 Å². The minimum absolute atomic E-state index is 0.0564. The van der Waals surface area contributed by atoms with Crippen molar-refractivity contribution in [2.75, 3.05) is 12.4 Å². The van der Waals surface area contributed by atoms with Crippen molar-refractivity contribution >= 4 is 21.6 Å². The molecule has 0 aliphatic carbocycles. The number of ether oxygens (including phenoxy) is 1. The number of anilines is 1. The van der Waals surface area contributed by atoms with E-state index >= 15 is 0 Å². The summed E-state index contributed by atoms with van der Waals surface area (Å²) >= 11 is 3.44. The fraction of sp³-hybridized carbons (Fsp3) is 0.250. The summed E-state index contributed by atoms with van der Waals surface area (Å²) in [7, 11) is 1.65. The molecule has 1 atom stereocenters. The fourth-order valence-corrected chi connectivity index (χ4v) is 2.47. The number of rotatable bonds is 5. The molecule has 0 bridgehead atoms. The van der Waals surface area contributed by atoms with Crippen LogP contribution in [0.25, 0.3) is 0 Å². The molecule has 0 fully saturated rings. The minimum atomic E-state index is 0.0564. The lowest BCUT2D eigenvalue weighted by atomic mass is 10.0. The summed E-state index contributed by atoms with van der Waals surface area (Å²) in [5.41, 5.74) is 1.88. The highest BCUT2D eigenvalue weighted by Crippen LogP contribution is 2.32. The van der Waals surface area contributed by atoms with Gasteiger partial charge in [-0.15, -0.1) is 0 Å². The summed E-state index contributed by atoms with van der Waals surface area (Å²) in [4.78, 5) is 0. The first kappa shape index (κ1) is 14.7. The quantitative estimate of drug-likeness (QED) is 0.830. The molecule has 0 aliphatic heterocycles. The molecule has 0 amide bonds. The lowest BCUT2D eigenvalue weighted by molar-refractivity contribution is 0.415. The van der Waals surface area contributed by atoms with Crippen LogP contribution in [0.1, 0.15) is 24.9 Å². The molecule has 0 saturated heterocycles. The van der Waals surface area contributed by atoms with Crippen molar-refractivity contribution in [2.45, 2.75) is 19.4 Å². The Morgan fingerprint density at radius 3 is 2.50 bits per heavy atom. The maximum absolute atomic E-state index is 10.0. The smallest absolute Gasteiger partial charge is 0.120 e. The molecule has 2 rings (SSSR count). The average Bonchev–Trinajstić information content (AvgIpc) is 2.48. The van der Waals surface area contributed by atoms with E-state index in [1.807, 2.05) is 36.4 Å². The van der Waals surface area contributed by atoms with Gasteiger partial charge in [0, 0.05) is 15.7 Å². The van der Waals surface area contributed by atoms with Crippen LogP contribution in [0.3, 0.4) is 0 Å². The third kappa shape index (κ3) is 3.45. The van der Waals surface area contributed by atoms with Gasteiger partial charge in [0.15, 0.2) is 0 Å². The van der Waals surface area contributed by atoms with Gasteiger partial charge in [-0.3, -0.25) is 0 Å². The third-order valence-corrected chi connectivity index (χ3v) is 3.70. The van der Waals surface area contributed by atoms with E-state index in [9.17, 15) is 5.11 Å². The van der Waals surface area contributed by atoms with Crippen LogP contribution in [0.5, 0.6) is 11.5 Å². The van der Waals surface area contributed by atoms with Gasteiger partial charge in [-0.05, 0) is 48.9 Å². The first-order valence-corrected chi connectivity index (χ1v) is 7.32. The molecule has 0 heterocycles. The van der Waals surface area contributed by atoms with Crippen molar-refractivity contribution < 1.29 is 9.84 Å². The summed E-state index contributed by atoms with van der Waals surface area (Å²) in [5, 5.41) is 13.4. The Morgan fingerprint density at radius 2 is 1.90 bits per heavy atom. The van der Waals surface area contributed by atoms with Crippen LogP contribution in [0.15, 0.2) is 46.9 Å². The van der Waals surface area contributed by atoms with E-state index in [-0.39, 0.29) is 6.04 Å². The summed E-state index contributed by atoms with van der Waals surface area (Å²) in [6.45, 7) is 2.08. The van der Waals surface area contributed by atoms with E-state index in [2.05, 4.69) is 28.2 Å². The Kier molecular flexibility index (Phi) is 4.90. The van der Waals surface area contributed by atoms with E-state index in [4.69, 9.17) is 4.74 Å². The van der Waals surface area contributed by atoms with Gasteiger partial charge in [0.05, 0.1) is 13.2 Å². The molecule has 106 valence electrons. The number of methoxy groups -OCH3 is 1. The van der Waals surface area contributed by atoms with Crippen molar-refractivity contribution in [2.24, 2.45) is 0 Å². The predicted octanol–water partition coefficient (Wildman–Crippen LogP) is 4.73. The summed E-state index contributed by atoms with van der Waals surface area (Å²) in [5.74, 6) is 1.13. The number of phenols is 1. The zero-order chi connectivity index (χ0) is 14.5. The average molecular weight is 336 g/mol. The number of hydrogen-bond donors (Lipinski definition) is 2. The predicted molar refractivity (Wildman–Crippen MR) is 85.5 cm³/mol. The highest BCUT2D eigenvalue weighted by molar-refractivity contribution is 9.10. The summed E-state index contributed by atoms with van der Waals surface area (Å²) in [6.07, 6.45) is 0.871. The Labute approximate surface area is 127 Å². The van der Waals surface area contributed by atoms with E-state index in [0.29, 0.717) is 5.75 Å². The van der Waals surface area contributed by atoms with Crippen LogP contribution >= 0.6 is 15.9 Å². The fourth-order valence-electron chi connectivity index (χ4n) is 2.09. The highest BCUT2D eigenvalue weighted by atomic mass is 79.9. The van der Waals surface area contributed by atoms with Crippen LogP contribution in [-0.2, 0) is 0 Å². The SMILES string of the molecule is CCC(Nc1ccc(OC)cc1)c1cc(Br)ccc1O. The van der Waals surface area contributed by atoms with Crippen molar-refractivity contribution in [3.8, 4) is 11.5 Å². The number of phenolic OH excluding ortho intramolecular Hbond substituents is 1. The van der Waals surface area contributed by atoms with Crippen LogP contribution in [0.4, 0.5) is 5.69 Å². The van der Waals surface area contributed by atoms with Gasteiger partial charge in [0.25, 0.3) is 0 Å². The lowest BCUT2D eigenvalue weighted by Gasteiger charge is -2.20. The van der Waals surface area contributed by atoms with Gasteiger partial charge in [0.1, 0.15) is 11.5 Å². The molecule has 2 N–H and O–H groups in total. The molecule has 4 heteroatoms. The molecule has 0 spiro atoms. The molecule has 2 aromatic rings. The molecule has 0 aromatic heterocycles. The molecule has 1 unspecified atom stereocenters. The first-order valence-electron chi connectivity index (χ1n) is 6.53. The Balaban J connectivity index is 2.21. The van der Waals surface area contributed by atoms with E-state index in [0.717, 1.165) is 27.9 Å². The Bertz CT molecular complexity index is 569. The molecule has 0 radical (unpaired) electrons. The summed E-state index contributed by atoms with van der Waals surface area (Å²) in [6, 6.07) is 13.3. The zero-order valence-corrected chi connectivity index (χ0v) is 13.1. The standard InChI is InChI=1S/C16H18BrNO2/c1-3-15(14-10-11(17)4-9-16(14)19)18-12-5-7-13(20-2)8-6-12/h4-10,15,18-19H,3H2,1-2H3. The maximum Gasteiger partial charge on any atom is 0.120 e. The molecule has 3 nitrogen and oxygen atoms in total. The molecular formula is C16H18BrNO2. The second-order valence-electron chi connectivity index (χ2n) is 4.54. The van der Waals surface area contributed by atoms with Crippen LogP contribution in [0, 0.1) is 0 Å². The number of halogens is 1. The minimum Gasteiger partial charge on any atom is -0.508 e. The normalized spacial score (nSPS) is 11.9. The number of benzene rings is 2. The van der Waals surface area contributed by atoms with Crippen molar-refractivity contribution in [3.63, 3.8) is 0 Å². The maximum atomic E-state index is 10.0. The van der Waals surface area contributed by atoms with E-state index in [1.54, 1.807) is 13.2 Å². The second-order valence-corrected chi connectivity index (χ2v) is 5.45. The van der Waals surface area contributed by atoms with Crippen molar-refractivity contribution in [1.82, 2.24) is 0 Å². The molecule has 0 saturated carbocycles. The molecule has 20 heavy (non-hydrogen) atoms. The largest absolute Gasteiger partial charge is 0.508 e. The number of hydrogen-bond acceptors (Lipinski definition) is 3. The Hall–Kier alpha value is -1.68. The summed E-state index contributed by atoms with van der Waals surface area (Å²) < 4.78 is 6.10. The zero-order valence-electron chi connectivity index (χ0n) is 11.6. The number of aromatic hydroxyl groups is 1. The van der Waals surface area contributed by atoms with Crippen molar-refractivity contribution in [1.29, 1.82) is 0 Å². The van der Waals surface area contributed by atoms with Crippen LogP contribution < -0.4 is 10.1 Å². The second kappa shape index (κ2) is 6.66. The van der Waals surface area contributed by atoms with Gasteiger partial charge in [-0.1, -0.05) is 22.9 Å². The third-order valence-electron chi connectivity index (χ3n) is 3.20. The molecular weight excluding hydrogens is 318 g/mol. The van der Waals surface area contributed by atoms with Crippen LogP contribution in [-0.4, -0.2) is 12.2 Å². The molecule has 2 aromatic carbocycles. The molecule has 0 aliphatic rings. The Morgan fingerprint density at radius 1 is 1.20 bits per heavy atom. The van der Waals surface area contributed by atoms with Gasteiger partial charge in [-0.25, -0.2) is 0 Å². The van der Waals surface area contributed by atoms with Crippen molar-refractivity contribution in [3.05, 3.63) is 52.5 Å². The highest BCUT2D eigenvalue weighted by Gasteiger charge is 2.14. The van der Waals surface area contributed by atoms with Gasteiger partial charge >= 0.3 is 0 Å². The van der Waals surface area contributed by atoms with E-state index in [1.165, 1.54) is 0 Å².